The van der Waals surface area contributed by atoms with Crippen LogP contribution in [0.2, 0.25) is 5.02 Å². The second kappa shape index (κ2) is 5.54. The number of carbonyl (C=O) groups is 2. The highest BCUT2D eigenvalue weighted by molar-refractivity contribution is 7.80. The van der Waals surface area contributed by atoms with Crippen molar-refractivity contribution in [2.24, 2.45) is 0 Å². The molecule has 1 saturated heterocycles. The van der Waals surface area contributed by atoms with E-state index in [0.29, 0.717) is 10.7 Å². The molecule has 1 N–H and O–H groups in total. The maximum atomic E-state index is 12.1. The number of aliphatic carboxylic acids is 1. The molecule has 100 valence electrons. The molecule has 0 aromatic heterocycles. The van der Waals surface area contributed by atoms with Crippen LogP contribution in [0.4, 0.5) is 5.69 Å². The van der Waals surface area contributed by atoms with E-state index < -0.39 is 12.0 Å². The van der Waals surface area contributed by atoms with Gasteiger partial charge in [0.1, 0.15) is 6.04 Å². The molecular weight excluding hydrogens is 288 g/mol. The van der Waals surface area contributed by atoms with Gasteiger partial charge in [-0.1, -0.05) is 11.6 Å². The largest absolute Gasteiger partial charge is 0.550 e. The van der Waals surface area contributed by atoms with Crippen LogP contribution in [0, 0.1) is 0 Å². The van der Waals surface area contributed by atoms with Crippen LogP contribution in [0.1, 0.15) is 12.8 Å². The Morgan fingerprint density at radius 2 is 2.05 bits per heavy atom. The monoisotopic (exact) mass is 297 g/mol. The van der Waals surface area contributed by atoms with Crippen LogP contribution >= 0.6 is 23.8 Å². The Morgan fingerprint density at radius 3 is 2.63 bits per heavy atom. The van der Waals surface area contributed by atoms with Crippen LogP contribution in [-0.4, -0.2) is 23.0 Å². The lowest BCUT2D eigenvalue weighted by Crippen LogP contribution is -2.32. The number of thiocarbonyl (C=S) groups is 1. The number of amides is 1. The van der Waals surface area contributed by atoms with Gasteiger partial charge in [0.15, 0.2) is 5.11 Å². The van der Waals surface area contributed by atoms with Gasteiger partial charge in [0.05, 0.1) is 5.69 Å². The molecule has 0 radical (unpaired) electrons. The molecule has 1 aromatic rings. The number of halogens is 1. The molecule has 2 rings (SSSR count). The highest BCUT2D eigenvalue weighted by Crippen LogP contribution is 2.23. The van der Waals surface area contributed by atoms with Crippen molar-refractivity contribution in [3.05, 3.63) is 29.3 Å². The first kappa shape index (κ1) is 13.8. The Balaban J connectivity index is 2.14. The van der Waals surface area contributed by atoms with E-state index in [1.807, 2.05) is 0 Å². The normalized spacial score (nSPS) is 18.6. The average molecular weight is 298 g/mol. The van der Waals surface area contributed by atoms with Crippen LogP contribution in [0.3, 0.4) is 0 Å². The Bertz CT molecular complexity index is 532. The van der Waals surface area contributed by atoms with Crippen molar-refractivity contribution in [2.75, 3.05) is 4.90 Å². The maximum absolute atomic E-state index is 12.1. The molecule has 7 heteroatoms. The first-order valence-electron chi connectivity index (χ1n) is 5.59. The molecule has 1 aromatic carbocycles. The number of anilines is 1. The van der Waals surface area contributed by atoms with E-state index >= 15 is 0 Å². The first-order valence-corrected chi connectivity index (χ1v) is 6.37. The lowest BCUT2D eigenvalue weighted by Gasteiger charge is -2.14. The van der Waals surface area contributed by atoms with E-state index in [9.17, 15) is 14.7 Å². The second-order valence-corrected chi connectivity index (χ2v) is 4.89. The fourth-order valence-corrected chi connectivity index (χ4v) is 2.29. The van der Waals surface area contributed by atoms with Gasteiger partial charge in [-0.2, -0.15) is 0 Å². The number of carbonyl (C=O) groups excluding carboxylic acids is 2. The number of benzene rings is 1. The van der Waals surface area contributed by atoms with Crippen LogP contribution in [0.5, 0.6) is 0 Å². The number of hydrogen-bond acceptors (Lipinski definition) is 4. The van der Waals surface area contributed by atoms with E-state index in [1.165, 1.54) is 4.90 Å². The van der Waals surface area contributed by atoms with Gasteiger partial charge in [-0.3, -0.25) is 9.69 Å². The number of nitrogens with one attached hydrogen (secondary N) is 1. The quantitative estimate of drug-likeness (QED) is 0.818. The summed E-state index contributed by atoms with van der Waals surface area (Å²) in [5.74, 6) is -1.46. The number of nitrogens with zero attached hydrogens (tertiary/aromatic N) is 1. The zero-order chi connectivity index (χ0) is 14.0. The summed E-state index contributed by atoms with van der Waals surface area (Å²) in [5.41, 5.74) is 0.600. The fraction of sp³-hybridized carbons (Fsp3) is 0.250. The van der Waals surface area contributed by atoms with Gasteiger partial charge in [0.25, 0.3) is 5.91 Å². The Morgan fingerprint density at radius 1 is 1.42 bits per heavy atom. The summed E-state index contributed by atoms with van der Waals surface area (Å²) < 4.78 is 0. The van der Waals surface area contributed by atoms with Gasteiger partial charge >= 0.3 is 0 Å². The minimum atomic E-state index is -1.19. The Labute approximate surface area is 120 Å². The third-order valence-electron chi connectivity index (χ3n) is 2.74. The zero-order valence-electron chi connectivity index (χ0n) is 9.76. The van der Waals surface area contributed by atoms with Gasteiger partial charge in [0.2, 0.25) is 0 Å². The standard InChI is InChI=1S/C12H11ClN2O3S/c13-7-1-3-8(4-2-7)15-11(18)9(14-12(15)19)5-6-10(16)17/h1-4,9H,5-6H2,(H,14,19)(H,16,17)/p-1/t9-/m0/s1. The van der Waals surface area contributed by atoms with Crippen LogP contribution in [0.25, 0.3) is 0 Å². The first-order chi connectivity index (χ1) is 8.99. The summed E-state index contributed by atoms with van der Waals surface area (Å²) in [5, 5.41) is 14.0. The number of hydrogen-bond donors (Lipinski definition) is 1. The third-order valence-corrected chi connectivity index (χ3v) is 3.29. The van der Waals surface area contributed by atoms with Crippen LogP contribution in [-0.2, 0) is 9.59 Å². The minimum Gasteiger partial charge on any atom is -0.550 e. The van der Waals surface area contributed by atoms with Gasteiger partial charge in [-0.15, -0.1) is 0 Å². The fourth-order valence-electron chi connectivity index (χ4n) is 1.82. The molecule has 0 unspecified atom stereocenters. The summed E-state index contributed by atoms with van der Waals surface area (Å²) in [6, 6.07) is 6.04. The van der Waals surface area contributed by atoms with E-state index in [4.69, 9.17) is 23.8 Å². The molecule has 0 aliphatic carbocycles. The molecular formula is C12H10ClN2O3S-. The van der Waals surface area contributed by atoms with Crippen molar-refractivity contribution in [1.82, 2.24) is 5.32 Å². The molecule has 1 fully saturated rings. The number of carboxylic acids is 1. The predicted octanol–water partition coefficient (Wildman–Crippen LogP) is 0.460. The molecule has 1 atom stereocenters. The SMILES string of the molecule is O=C([O-])CC[C@@H]1NC(=S)N(c2ccc(Cl)cc2)C1=O. The summed E-state index contributed by atoms with van der Waals surface area (Å²) in [6.07, 6.45) is -0.0497. The van der Waals surface area contributed by atoms with Gasteiger partial charge in [-0.05, 0) is 49.3 Å². The van der Waals surface area contributed by atoms with E-state index in [0.717, 1.165) is 0 Å². The smallest absolute Gasteiger partial charge is 0.255 e. The van der Waals surface area contributed by atoms with Crippen LogP contribution in [0.15, 0.2) is 24.3 Å². The van der Waals surface area contributed by atoms with Crippen LogP contribution < -0.4 is 15.3 Å². The molecule has 1 heterocycles. The maximum Gasteiger partial charge on any atom is 0.255 e. The molecule has 1 aliphatic heterocycles. The van der Waals surface area contributed by atoms with Crippen molar-refractivity contribution < 1.29 is 14.7 Å². The molecule has 19 heavy (non-hydrogen) atoms. The molecule has 1 aliphatic rings. The Kier molecular flexibility index (Phi) is 4.01. The summed E-state index contributed by atoms with van der Waals surface area (Å²) >= 11 is 10.9. The van der Waals surface area contributed by atoms with Crippen molar-refractivity contribution in [1.29, 1.82) is 0 Å². The van der Waals surface area contributed by atoms with Gasteiger partial charge in [-0.25, -0.2) is 0 Å². The van der Waals surface area contributed by atoms with Crippen molar-refractivity contribution >= 4 is 46.5 Å². The lowest BCUT2D eigenvalue weighted by atomic mass is 10.1. The molecule has 0 saturated carbocycles. The topological polar surface area (TPSA) is 72.5 Å². The van der Waals surface area contributed by atoms with Gasteiger partial charge in [0, 0.05) is 11.0 Å². The van der Waals surface area contributed by atoms with E-state index in [2.05, 4.69) is 5.32 Å². The molecule has 0 bridgehead atoms. The molecule has 0 spiro atoms. The Hall–Kier alpha value is -1.66. The lowest BCUT2D eigenvalue weighted by molar-refractivity contribution is -0.305. The molecule has 1 amide bonds. The summed E-state index contributed by atoms with van der Waals surface area (Å²) in [6.45, 7) is 0. The average Bonchev–Trinajstić information content (AvgIpc) is 2.63. The van der Waals surface area contributed by atoms with Gasteiger partial charge < -0.3 is 15.2 Å². The van der Waals surface area contributed by atoms with Crippen molar-refractivity contribution in [2.45, 2.75) is 18.9 Å². The van der Waals surface area contributed by atoms with E-state index in [-0.39, 0.29) is 23.9 Å². The van der Waals surface area contributed by atoms with Crippen molar-refractivity contribution in [3.63, 3.8) is 0 Å². The molecule has 5 nitrogen and oxygen atoms in total. The second-order valence-electron chi connectivity index (χ2n) is 4.06. The predicted molar refractivity (Wildman–Crippen MR) is 72.7 cm³/mol. The highest BCUT2D eigenvalue weighted by atomic mass is 35.5. The summed E-state index contributed by atoms with van der Waals surface area (Å²) in [4.78, 5) is 23.9. The third kappa shape index (κ3) is 3.02. The number of carboxylic acid groups (broad SMARTS) is 1. The zero-order valence-corrected chi connectivity index (χ0v) is 11.3. The summed E-state index contributed by atoms with van der Waals surface area (Å²) in [7, 11) is 0. The van der Waals surface area contributed by atoms with Crippen molar-refractivity contribution in [3.8, 4) is 0 Å². The minimum absolute atomic E-state index is 0.144. The van der Waals surface area contributed by atoms with E-state index in [1.54, 1.807) is 24.3 Å². The highest BCUT2D eigenvalue weighted by Gasteiger charge is 2.35. The number of rotatable bonds is 4.